The van der Waals surface area contributed by atoms with Gasteiger partial charge in [-0.05, 0) is 36.2 Å². The number of rotatable bonds is 4. The second-order valence-corrected chi connectivity index (χ2v) is 4.98. The Labute approximate surface area is 110 Å². The number of halogens is 1. The molecule has 0 saturated carbocycles. The molecule has 2 aromatic rings. The summed E-state index contributed by atoms with van der Waals surface area (Å²) in [5, 5.41) is 6.10. The monoisotopic (exact) mass is 267 g/mol. The third kappa shape index (κ3) is 2.63. The zero-order valence-electron chi connectivity index (χ0n) is 9.74. The van der Waals surface area contributed by atoms with Crippen molar-refractivity contribution < 1.29 is 4.74 Å². The van der Waals surface area contributed by atoms with Crippen LogP contribution in [0, 0.1) is 0 Å². The normalized spacial score (nSPS) is 12.4. The van der Waals surface area contributed by atoms with Crippen molar-refractivity contribution in [1.82, 2.24) is 5.32 Å². The van der Waals surface area contributed by atoms with Gasteiger partial charge in [-0.2, -0.15) is 0 Å². The van der Waals surface area contributed by atoms with Gasteiger partial charge in [-0.1, -0.05) is 23.7 Å². The Hall–Kier alpha value is -1.03. The van der Waals surface area contributed by atoms with E-state index in [4.69, 9.17) is 16.3 Å². The van der Waals surface area contributed by atoms with Crippen molar-refractivity contribution in [2.24, 2.45) is 0 Å². The van der Waals surface area contributed by atoms with E-state index in [0.717, 1.165) is 15.6 Å². The standard InChI is InChI=1S/C13H14ClNOS/c1-15-12(13-11(14)7-8-17-13)9-3-5-10(16-2)6-4-9/h3-8,12,15H,1-2H3. The van der Waals surface area contributed by atoms with Gasteiger partial charge in [0, 0.05) is 4.88 Å². The van der Waals surface area contributed by atoms with Gasteiger partial charge in [0.2, 0.25) is 0 Å². The molecule has 90 valence electrons. The molecule has 2 nitrogen and oxygen atoms in total. The molecule has 1 N–H and O–H groups in total. The van der Waals surface area contributed by atoms with E-state index < -0.39 is 0 Å². The quantitative estimate of drug-likeness (QED) is 0.912. The Morgan fingerprint density at radius 3 is 2.41 bits per heavy atom. The SMILES string of the molecule is CNC(c1ccc(OC)cc1)c1sccc1Cl. The van der Waals surface area contributed by atoms with E-state index in [2.05, 4.69) is 17.4 Å². The van der Waals surface area contributed by atoms with Crippen molar-refractivity contribution in [3.05, 3.63) is 51.2 Å². The van der Waals surface area contributed by atoms with Gasteiger partial charge in [-0.25, -0.2) is 0 Å². The lowest BCUT2D eigenvalue weighted by molar-refractivity contribution is 0.414. The second-order valence-electron chi connectivity index (χ2n) is 3.63. The lowest BCUT2D eigenvalue weighted by Gasteiger charge is -2.16. The lowest BCUT2D eigenvalue weighted by Crippen LogP contribution is -2.16. The Bertz CT molecular complexity index is 480. The first-order valence-corrected chi connectivity index (χ1v) is 6.56. The van der Waals surface area contributed by atoms with Gasteiger partial charge in [0.25, 0.3) is 0 Å². The average molecular weight is 268 g/mol. The molecule has 4 heteroatoms. The summed E-state index contributed by atoms with van der Waals surface area (Å²) in [7, 11) is 3.60. The summed E-state index contributed by atoms with van der Waals surface area (Å²) >= 11 is 7.83. The Morgan fingerprint density at radius 2 is 1.94 bits per heavy atom. The van der Waals surface area contributed by atoms with E-state index in [1.165, 1.54) is 5.56 Å². The van der Waals surface area contributed by atoms with E-state index >= 15 is 0 Å². The maximum absolute atomic E-state index is 6.17. The van der Waals surface area contributed by atoms with Crippen LogP contribution >= 0.6 is 22.9 Å². The molecule has 1 atom stereocenters. The molecular weight excluding hydrogens is 254 g/mol. The first kappa shape index (κ1) is 12.4. The van der Waals surface area contributed by atoms with Gasteiger partial charge in [0.05, 0.1) is 18.2 Å². The van der Waals surface area contributed by atoms with Crippen LogP contribution in [0.2, 0.25) is 5.02 Å². The second kappa shape index (κ2) is 5.54. The van der Waals surface area contributed by atoms with Crippen LogP contribution in [0.4, 0.5) is 0 Å². The number of hydrogen-bond acceptors (Lipinski definition) is 3. The molecule has 0 aliphatic heterocycles. The van der Waals surface area contributed by atoms with Gasteiger partial charge >= 0.3 is 0 Å². The molecule has 1 heterocycles. The summed E-state index contributed by atoms with van der Waals surface area (Å²) in [6.45, 7) is 0. The molecule has 0 aliphatic carbocycles. The topological polar surface area (TPSA) is 21.3 Å². The van der Waals surface area contributed by atoms with Crippen molar-refractivity contribution >= 4 is 22.9 Å². The zero-order chi connectivity index (χ0) is 12.3. The Kier molecular flexibility index (Phi) is 4.05. The number of hydrogen-bond donors (Lipinski definition) is 1. The van der Waals surface area contributed by atoms with Crippen LogP contribution in [-0.2, 0) is 0 Å². The highest BCUT2D eigenvalue weighted by atomic mass is 35.5. The van der Waals surface area contributed by atoms with E-state index in [-0.39, 0.29) is 6.04 Å². The molecule has 1 unspecified atom stereocenters. The largest absolute Gasteiger partial charge is 0.497 e. The molecule has 1 aromatic heterocycles. The first-order chi connectivity index (χ1) is 8.26. The van der Waals surface area contributed by atoms with E-state index in [1.54, 1.807) is 18.4 Å². The molecule has 0 bridgehead atoms. The minimum atomic E-state index is 0.133. The van der Waals surface area contributed by atoms with Crippen molar-refractivity contribution in [1.29, 1.82) is 0 Å². The van der Waals surface area contributed by atoms with Crippen molar-refractivity contribution in [2.75, 3.05) is 14.2 Å². The van der Waals surface area contributed by atoms with Crippen LogP contribution < -0.4 is 10.1 Å². The Balaban J connectivity index is 2.32. The number of benzene rings is 1. The zero-order valence-corrected chi connectivity index (χ0v) is 11.3. The van der Waals surface area contributed by atoms with Gasteiger partial charge in [0.1, 0.15) is 5.75 Å². The maximum Gasteiger partial charge on any atom is 0.118 e. The van der Waals surface area contributed by atoms with E-state index in [1.807, 2.05) is 30.6 Å². The minimum absolute atomic E-state index is 0.133. The number of thiophene rings is 1. The van der Waals surface area contributed by atoms with Crippen molar-refractivity contribution in [3.8, 4) is 5.75 Å². The molecule has 0 aliphatic rings. The third-order valence-electron chi connectivity index (χ3n) is 2.64. The van der Waals surface area contributed by atoms with E-state index in [9.17, 15) is 0 Å². The summed E-state index contributed by atoms with van der Waals surface area (Å²) in [5.41, 5.74) is 1.18. The lowest BCUT2D eigenvalue weighted by atomic mass is 10.1. The van der Waals surface area contributed by atoms with Gasteiger partial charge in [0.15, 0.2) is 0 Å². The molecule has 17 heavy (non-hydrogen) atoms. The fourth-order valence-corrected chi connectivity index (χ4v) is 3.06. The average Bonchev–Trinajstić information content (AvgIpc) is 2.78. The smallest absolute Gasteiger partial charge is 0.118 e. The molecule has 0 fully saturated rings. The summed E-state index contributed by atoms with van der Waals surface area (Å²) in [5.74, 6) is 0.862. The minimum Gasteiger partial charge on any atom is -0.497 e. The summed E-state index contributed by atoms with van der Waals surface area (Å²) in [4.78, 5) is 1.14. The molecule has 0 spiro atoms. The van der Waals surface area contributed by atoms with Crippen LogP contribution in [0.15, 0.2) is 35.7 Å². The molecule has 0 amide bonds. The number of nitrogens with one attached hydrogen (secondary N) is 1. The highest BCUT2D eigenvalue weighted by Gasteiger charge is 2.16. The summed E-state index contributed by atoms with van der Waals surface area (Å²) in [6, 6.07) is 10.1. The fourth-order valence-electron chi connectivity index (χ4n) is 1.76. The summed E-state index contributed by atoms with van der Waals surface area (Å²) < 4.78 is 5.15. The van der Waals surface area contributed by atoms with Crippen LogP contribution in [-0.4, -0.2) is 14.2 Å². The molecule has 0 saturated heterocycles. The van der Waals surface area contributed by atoms with Crippen LogP contribution in [0.1, 0.15) is 16.5 Å². The number of ether oxygens (including phenoxy) is 1. The number of methoxy groups -OCH3 is 1. The van der Waals surface area contributed by atoms with Gasteiger partial charge < -0.3 is 10.1 Å². The highest BCUT2D eigenvalue weighted by Crippen LogP contribution is 2.33. The molecule has 0 radical (unpaired) electrons. The first-order valence-electron chi connectivity index (χ1n) is 5.30. The van der Waals surface area contributed by atoms with Crippen LogP contribution in [0.5, 0.6) is 5.75 Å². The Morgan fingerprint density at radius 1 is 1.24 bits per heavy atom. The van der Waals surface area contributed by atoms with Crippen molar-refractivity contribution in [3.63, 3.8) is 0 Å². The van der Waals surface area contributed by atoms with Crippen molar-refractivity contribution in [2.45, 2.75) is 6.04 Å². The van der Waals surface area contributed by atoms with Crippen LogP contribution in [0.3, 0.4) is 0 Å². The van der Waals surface area contributed by atoms with Crippen LogP contribution in [0.25, 0.3) is 0 Å². The molecule has 1 aromatic carbocycles. The molecular formula is C13H14ClNOS. The van der Waals surface area contributed by atoms with Gasteiger partial charge in [-0.3, -0.25) is 0 Å². The summed E-state index contributed by atoms with van der Waals surface area (Å²) in [6.07, 6.45) is 0. The highest BCUT2D eigenvalue weighted by molar-refractivity contribution is 7.10. The van der Waals surface area contributed by atoms with E-state index in [0.29, 0.717) is 0 Å². The maximum atomic E-state index is 6.17. The fraction of sp³-hybridized carbons (Fsp3) is 0.231. The predicted octanol–water partition coefficient (Wildman–Crippen LogP) is 3.72. The van der Waals surface area contributed by atoms with Gasteiger partial charge in [-0.15, -0.1) is 11.3 Å². The predicted molar refractivity (Wildman–Crippen MR) is 73.2 cm³/mol. The molecule has 2 rings (SSSR count). The third-order valence-corrected chi connectivity index (χ3v) is 4.07.